The van der Waals surface area contributed by atoms with Gasteiger partial charge in [0, 0.05) is 19.8 Å². The fourth-order valence-electron chi connectivity index (χ4n) is 4.77. The Labute approximate surface area is 176 Å². The molecule has 160 valence electrons. The van der Waals surface area contributed by atoms with Crippen LogP contribution in [0.4, 0.5) is 5.69 Å². The first-order chi connectivity index (χ1) is 14.0. The van der Waals surface area contributed by atoms with E-state index >= 15 is 0 Å². The molecule has 3 amide bonds. The average Bonchev–Trinajstić information content (AvgIpc) is 3.35. The second-order valence-electron chi connectivity index (χ2n) is 8.51. The van der Waals surface area contributed by atoms with Crippen LogP contribution in [-0.2, 0) is 24.4 Å². The van der Waals surface area contributed by atoms with Gasteiger partial charge in [0.25, 0.3) is 0 Å². The third kappa shape index (κ3) is 3.07. The molecule has 2 bridgehead atoms. The van der Waals surface area contributed by atoms with E-state index in [0.29, 0.717) is 11.3 Å². The quantitative estimate of drug-likeness (QED) is 0.559. The first kappa shape index (κ1) is 20.7. The molecule has 3 aliphatic rings. The topological polar surface area (TPSA) is 104 Å². The van der Waals surface area contributed by atoms with Crippen LogP contribution in [0.15, 0.2) is 29.2 Å². The fraction of sp³-hybridized carbons (Fsp3) is 0.476. The summed E-state index contributed by atoms with van der Waals surface area (Å²) in [6.45, 7) is 3.17. The lowest BCUT2D eigenvalue weighted by Gasteiger charge is -2.19. The fourth-order valence-corrected chi connectivity index (χ4v) is 5.78. The molecule has 8 nitrogen and oxygen atoms in total. The van der Waals surface area contributed by atoms with Crippen LogP contribution >= 0.6 is 0 Å². The van der Waals surface area contributed by atoms with E-state index in [2.05, 4.69) is 5.32 Å². The molecule has 30 heavy (non-hydrogen) atoms. The van der Waals surface area contributed by atoms with Gasteiger partial charge in [-0.05, 0) is 55.4 Å². The third-order valence-electron chi connectivity index (χ3n) is 6.56. The van der Waals surface area contributed by atoms with Gasteiger partial charge in [-0.1, -0.05) is 12.2 Å². The van der Waals surface area contributed by atoms with Crippen molar-refractivity contribution in [1.29, 1.82) is 0 Å². The standard InChI is InChI=1S/C21H25N3O5S/c1-11-7-15(30(28,29)23(3)4)9-16(12(11)2)22-17(25)10-24-20(26)18-13-5-6-14(8-13)19(18)21(24)27/h5-7,9,13-14,18-19H,8,10H2,1-4H3,(H,22,25). The summed E-state index contributed by atoms with van der Waals surface area (Å²) in [6.07, 6.45) is 4.84. The van der Waals surface area contributed by atoms with Crippen LogP contribution in [0.2, 0.25) is 0 Å². The van der Waals surface area contributed by atoms with Crippen molar-refractivity contribution in [1.82, 2.24) is 9.21 Å². The highest BCUT2D eigenvalue weighted by atomic mass is 32.2. The van der Waals surface area contributed by atoms with Crippen molar-refractivity contribution in [2.24, 2.45) is 23.7 Å². The molecule has 4 rings (SSSR count). The van der Waals surface area contributed by atoms with Gasteiger partial charge in [0.1, 0.15) is 6.54 Å². The number of allylic oxidation sites excluding steroid dienone is 2. The minimum atomic E-state index is -3.67. The largest absolute Gasteiger partial charge is 0.324 e. The van der Waals surface area contributed by atoms with Crippen molar-refractivity contribution < 1.29 is 22.8 Å². The maximum Gasteiger partial charge on any atom is 0.244 e. The van der Waals surface area contributed by atoms with Crippen LogP contribution in [-0.4, -0.2) is 56.0 Å². The molecule has 9 heteroatoms. The predicted molar refractivity (Wildman–Crippen MR) is 110 cm³/mol. The van der Waals surface area contributed by atoms with E-state index in [4.69, 9.17) is 0 Å². The second-order valence-corrected chi connectivity index (χ2v) is 10.7. The lowest BCUT2D eigenvalue weighted by molar-refractivity contribution is -0.143. The number of nitrogens with zero attached hydrogens (tertiary/aromatic N) is 2. The monoisotopic (exact) mass is 431 g/mol. The molecule has 0 aromatic heterocycles. The van der Waals surface area contributed by atoms with Crippen molar-refractivity contribution in [3.63, 3.8) is 0 Å². The summed E-state index contributed by atoms with van der Waals surface area (Å²) in [5.41, 5.74) is 1.78. The molecular formula is C21H25N3O5S. The number of amides is 3. The van der Waals surface area contributed by atoms with Gasteiger partial charge >= 0.3 is 0 Å². The zero-order valence-electron chi connectivity index (χ0n) is 17.4. The summed E-state index contributed by atoms with van der Waals surface area (Å²) in [5, 5.41) is 2.69. The van der Waals surface area contributed by atoms with E-state index in [1.54, 1.807) is 19.9 Å². The molecule has 4 unspecified atom stereocenters. The molecule has 1 heterocycles. The number of sulfonamides is 1. The van der Waals surface area contributed by atoms with Gasteiger partial charge in [-0.15, -0.1) is 0 Å². The lowest BCUT2D eigenvalue weighted by Crippen LogP contribution is -2.39. The molecule has 2 fully saturated rings. The number of fused-ring (bicyclic) bond motifs is 5. The van der Waals surface area contributed by atoms with Crippen molar-refractivity contribution in [2.45, 2.75) is 25.2 Å². The number of aryl methyl sites for hydroxylation is 1. The Kier molecular flexibility index (Phi) is 4.85. The van der Waals surface area contributed by atoms with E-state index in [1.807, 2.05) is 12.2 Å². The summed E-state index contributed by atoms with van der Waals surface area (Å²) in [5.74, 6) is -1.62. The van der Waals surface area contributed by atoms with Crippen LogP contribution in [0.3, 0.4) is 0 Å². The van der Waals surface area contributed by atoms with Gasteiger partial charge in [-0.3, -0.25) is 19.3 Å². The number of hydrogen-bond acceptors (Lipinski definition) is 5. The molecule has 1 aliphatic heterocycles. The van der Waals surface area contributed by atoms with Gasteiger partial charge in [-0.2, -0.15) is 0 Å². The normalized spacial score (nSPS) is 27.3. The minimum Gasteiger partial charge on any atom is -0.324 e. The number of benzene rings is 1. The molecule has 2 aliphatic carbocycles. The Morgan fingerprint density at radius 2 is 1.67 bits per heavy atom. The minimum absolute atomic E-state index is 0.0661. The van der Waals surface area contributed by atoms with E-state index < -0.39 is 15.9 Å². The summed E-state index contributed by atoms with van der Waals surface area (Å²) in [7, 11) is -0.800. The van der Waals surface area contributed by atoms with Gasteiger partial charge in [0.05, 0.1) is 16.7 Å². The number of rotatable bonds is 5. The molecule has 0 spiro atoms. The summed E-state index contributed by atoms with van der Waals surface area (Å²) >= 11 is 0. The Bertz CT molecular complexity index is 1060. The molecular weight excluding hydrogens is 406 g/mol. The average molecular weight is 432 g/mol. The number of anilines is 1. The zero-order valence-corrected chi connectivity index (χ0v) is 18.2. The zero-order chi connectivity index (χ0) is 22.0. The van der Waals surface area contributed by atoms with Gasteiger partial charge < -0.3 is 5.32 Å². The maximum atomic E-state index is 12.8. The SMILES string of the molecule is Cc1cc(S(=O)(=O)N(C)C)cc(NC(=O)CN2C(=O)C3C4C=CC(C4)C3C2=O)c1C. The van der Waals surface area contributed by atoms with Crippen LogP contribution in [0.25, 0.3) is 0 Å². The first-order valence-corrected chi connectivity index (χ1v) is 11.3. The number of nitrogens with one attached hydrogen (secondary N) is 1. The second kappa shape index (κ2) is 7.02. The molecule has 1 N–H and O–H groups in total. The summed E-state index contributed by atoms with van der Waals surface area (Å²) in [6, 6.07) is 2.96. The van der Waals surface area contributed by atoms with Crippen molar-refractivity contribution in [3.8, 4) is 0 Å². The Morgan fingerprint density at radius 1 is 1.10 bits per heavy atom. The highest BCUT2D eigenvalue weighted by Crippen LogP contribution is 2.52. The number of carbonyl (C=O) groups excluding carboxylic acids is 3. The van der Waals surface area contributed by atoms with Crippen LogP contribution in [0, 0.1) is 37.5 Å². The van der Waals surface area contributed by atoms with Gasteiger partial charge in [-0.25, -0.2) is 12.7 Å². The molecule has 1 aromatic carbocycles. The number of likely N-dealkylation sites (tertiary alicyclic amines) is 1. The highest BCUT2D eigenvalue weighted by Gasteiger charge is 2.59. The number of imide groups is 1. The molecule has 4 atom stereocenters. The van der Waals surface area contributed by atoms with Crippen LogP contribution < -0.4 is 5.32 Å². The van der Waals surface area contributed by atoms with Crippen LogP contribution in [0.5, 0.6) is 0 Å². The number of hydrogen-bond donors (Lipinski definition) is 1. The maximum absolute atomic E-state index is 12.8. The first-order valence-electron chi connectivity index (χ1n) is 9.89. The van der Waals surface area contributed by atoms with Crippen LogP contribution in [0.1, 0.15) is 17.5 Å². The Morgan fingerprint density at radius 3 is 2.20 bits per heavy atom. The Balaban J connectivity index is 1.53. The molecule has 1 saturated heterocycles. The van der Waals surface area contributed by atoms with Crippen molar-refractivity contribution in [3.05, 3.63) is 35.4 Å². The summed E-state index contributed by atoms with van der Waals surface area (Å²) < 4.78 is 26.1. The van der Waals surface area contributed by atoms with Gasteiger partial charge in [0.2, 0.25) is 27.7 Å². The molecule has 1 aromatic rings. The van der Waals surface area contributed by atoms with E-state index in [9.17, 15) is 22.8 Å². The summed E-state index contributed by atoms with van der Waals surface area (Å²) in [4.78, 5) is 39.3. The molecule has 1 saturated carbocycles. The highest BCUT2D eigenvalue weighted by molar-refractivity contribution is 7.89. The van der Waals surface area contributed by atoms with E-state index in [0.717, 1.165) is 21.2 Å². The predicted octanol–water partition coefficient (Wildman–Crippen LogP) is 1.30. The number of carbonyl (C=O) groups is 3. The molecule has 0 radical (unpaired) electrons. The van der Waals surface area contributed by atoms with Crippen molar-refractivity contribution >= 4 is 33.4 Å². The smallest absolute Gasteiger partial charge is 0.244 e. The van der Waals surface area contributed by atoms with Gasteiger partial charge in [0.15, 0.2) is 0 Å². The van der Waals surface area contributed by atoms with Crippen molar-refractivity contribution in [2.75, 3.05) is 26.0 Å². The Hall–Kier alpha value is -2.52. The third-order valence-corrected chi connectivity index (χ3v) is 8.35. The van der Waals surface area contributed by atoms with E-state index in [-0.39, 0.29) is 46.9 Å². The lowest BCUT2D eigenvalue weighted by atomic mass is 9.85. The van der Waals surface area contributed by atoms with E-state index in [1.165, 1.54) is 20.2 Å².